The summed E-state index contributed by atoms with van der Waals surface area (Å²) in [6.45, 7) is 2.51. The number of furan rings is 1. The molecule has 5 heteroatoms. The number of aryl methyl sites for hydroxylation is 1. The van der Waals surface area contributed by atoms with Gasteiger partial charge in [-0.05, 0) is 25.6 Å². The van der Waals surface area contributed by atoms with Gasteiger partial charge in [0.05, 0.1) is 6.26 Å². The predicted molar refractivity (Wildman–Crippen MR) is 76.4 cm³/mol. The standard InChI is InChI=1S/C15H19N3O2/c1-11-13(8-9-20-11)10-18(2)14(15(19)17-16)12-6-4-3-5-7-12/h3-9,14H,10,16H2,1-2H3,(H,17,19). The first-order chi connectivity index (χ1) is 9.63. The number of nitrogens with one attached hydrogen (secondary N) is 1. The van der Waals surface area contributed by atoms with E-state index in [9.17, 15) is 4.79 Å². The average Bonchev–Trinajstić information content (AvgIpc) is 2.85. The summed E-state index contributed by atoms with van der Waals surface area (Å²) in [5.41, 5.74) is 4.19. The van der Waals surface area contributed by atoms with Crippen molar-refractivity contribution in [3.8, 4) is 0 Å². The number of hydrazine groups is 1. The third kappa shape index (κ3) is 3.07. The SMILES string of the molecule is Cc1occc1CN(C)C(C(=O)NN)c1ccccc1. The highest BCUT2D eigenvalue weighted by Gasteiger charge is 2.25. The van der Waals surface area contributed by atoms with Crippen molar-refractivity contribution in [3.63, 3.8) is 0 Å². The molecule has 0 radical (unpaired) electrons. The summed E-state index contributed by atoms with van der Waals surface area (Å²) in [6.07, 6.45) is 1.65. The zero-order valence-electron chi connectivity index (χ0n) is 11.7. The first-order valence-electron chi connectivity index (χ1n) is 6.42. The lowest BCUT2D eigenvalue weighted by molar-refractivity contribution is -0.126. The Morgan fingerprint density at radius 2 is 2.05 bits per heavy atom. The summed E-state index contributed by atoms with van der Waals surface area (Å²) in [5, 5.41) is 0. The molecule has 1 aromatic heterocycles. The van der Waals surface area contributed by atoms with Crippen LogP contribution in [0, 0.1) is 6.92 Å². The summed E-state index contributed by atoms with van der Waals surface area (Å²) in [4.78, 5) is 14.0. The lowest BCUT2D eigenvalue weighted by atomic mass is 10.0. The molecule has 0 saturated carbocycles. The number of nitrogens with zero attached hydrogens (tertiary/aromatic N) is 1. The van der Waals surface area contributed by atoms with E-state index in [2.05, 4.69) is 5.43 Å². The van der Waals surface area contributed by atoms with Crippen LogP contribution in [-0.2, 0) is 11.3 Å². The van der Waals surface area contributed by atoms with Gasteiger partial charge in [0.25, 0.3) is 5.91 Å². The number of carbonyl (C=O) groups excluding carboxylic acids is 1. The Balaban J connectivity index is 2.23. The maximum atomic E-state index is 12.1. The third-order valence-corrected chi connectivity index (χ3v) is 3.33. The summed E-state index contributed by atoms with van der Waals surface area (Å²) in [5.74, 6) is 5.93. The van der Waals surface area contributed by atoms with Gasteiger partial charge in [0, 0.05) is 12.1 Å². The van der Waals surface area contributed by atoms with E-state index in [0.29, 0.717) is 6.54 Å². The lowest BCUT2D eigenvalue weighted by Crippen LogP contribution is -2.41. The van der Waals surface area contributed by atoms with Crippen LogP contribution in [0.15, 0.2) is 47.1 Å². The number of benzene rings is 1. The summed E-state index contributed by atoms with van der Waals surface area (Å²) in [6, 6.07) is 11.0. The first kappa shape index (κ1) is 14.3. The van der Waals surface area contributed by atoms with Gasteiger partial charge in [-0.3, -0.25) is 15.1 Å². The van der Waals surface area contributed by atoms with Crippen molar-refractivity contribution in [1.82, 2.24) is 10.3 Å². The van der Waals surface area contributed by atoms with Crippen LogP contribution in [0.2, 0.25) is 0 Å². The van der Waals surface area contributed by atoms with Crippen molar-refractivity contribution in [2.75, 3.05) is 7.05 Å². The fraction of sp³-hybridized carbons (Fsp3) is 0.267. The molecule has 2 aromatic rings. The highest BCUT2D eigenvalue weighted by molar-refractivity contribution is 5.82. The Hall–Kier alpha value is -2.11. The van der Waals surface area contributed by atoms with Crippen LogP contribution in [0.1, 0.15) is 22.9 Å². The third-order valence-electron chi connectivity index (χ3n) is 3.33. The summed E-state index contributed by atoms with van der Waals surface area (Å²) in [7, 11) is 1.89. The zero-order valence-corrected chi connectivity index (χ0v) is 11.7. The van der Waals surface area contributed by atoms with E-state index in [0.717, 1.165) is 16.9 Å². The number of rotatable bonds is 5. The van der Waals surface area contributed by atoms with Crippen LogP contribution >= 0.6 is 0 Å². The van der Waals surface area contributed by atoms with E-state index in [4.69, 9.17) is 10.3 Å². The lowest BCUT2D eigenvalue weighted by Gasteiger charge is -2.26. The molecule has 2 rings (SSSR count). The fourth-order valence-electron chi connectivity index (χ4n) is 2.26. The van der Waals surface area contributed by atoms with Gasteiger partial charge in [0.2, 0.25) is 0 Å². The Labute approximate surface area is 118 Å². The molecule has 106 valence electrons. The van der Waals surface area contributed by atoms with E-state index >= 15 is 0 Å². The Kier molecular flexibility index (Phi) is 4.55. The van der Waals surface area contributed by atoms with Crippen molar-refractivity contribution in [2.45, 2.75) is 19.5 Å². The average molecular weight is 273 g/mol. The largest absolute Gasteiger partial charge is 0.469 e. The van der Waals surface area contributed by atoms with Gasteiger partial charge >= 0.3 is 0 Å². The molecule has 0 aliphatic rings. The van der Waals surface area contributed by atoms with Crippen molar-refractivity contribution >= 4 is 5.91 Å². The monoisotopic (exact) mass is 273 g/mol. The molecule has 1 heterocycles. The van der Waals surface area contributed by atoms with E-state index < -0.39 is 6.04 Å². The second kappa shape index (κ2) is 6.36. The van der Waals surface area contributed by atoms with Gasteiger partial charge in [-0.1, -0.05) is 30.3 Å². The Bertz CT molecular complexity index is 566. The molecule has 3 N–H and O–H groups in total. The molecule has 0 spiro atoms. The normalized spacial score (nSPS) is 12.4. The molecule has 1 amide bonds. The van der Waals surface area contributed by atoms with E-state index in [1.54, 1.807) is 6.26 Å². The molecule has 0 bridgehead atoms. The van der Waals surface area contributed by atoms with Gasteiger partial charge in [-0.15, -0.1) is 0 Å². The van der Waals surface area contributed by atoms with Crippen molar-refractivity contribution in [2.24, 2.45) is 5.84 Å². The van der Waals surface area contributed by atoms with Crippen LogP contribution < -0.4 is 11.3 Å². The zero-order chi connectivity index (χ0) is 14.5. The first-order valence-corrected chi connectivity index (χ1v) is 6.42. The summed E-state index contributed by atoms with van der Waals surface area (Å²) < 4.78 is 5.29. The van der Waals surface area contributed by atoms with Crippen LogP contribution in [0.25, 0.3) is 0 Å². The van der Waals surface area contributed by atoms with Crippen LogP contribution in [0.4, 0.5) is 0 Å². The number of nitrogens with two attached hydrogens (primary N) is 1. The van der Waals surface area contributed by atoms with Gasteiger partial charge in [-0.25, -0.2) is 5.84 Å². The molecule has 0 saturated heterocycles. The minimum absolute atomic E-state index is 0.236. The second-order valence-corrected chi connectivity index (χ2v) is 4.74. The number of likely N-dealkylation sites (N-methyl/N-ethyl adjacent to an activating group) is 1. The van der Waals surface area contributed by atoms with Crippen molar-refractivity contribution < 1.29 is 9.21 Å². The smallest absolute Gasteiger partial charge is 0.255 e. The molecule has 0 aliphatic carbocycles. The van der Waals surface area contributed by atoms with Crippen molar-refractivity contribution in [3.05, 3.63) is 59.5 Å². The van der Waals surface area contributed by atoms with Gasteiger partial charge in [0.1, 0.15) is 11.8 Å². The highest BCUT2D eigenvalue weighted by atomic mass is 16.3. The quantitative estimate of drug-likeness (QED) is 0.494. The molecule has 1 aromatic carbocycles. The van der Waals surface area contributed by atoms with Gasteiger partial charge in [-0.2, -0.15) is 0 Å². The van der Waals surface area contributed by atoms with Crippen LogP contribution in [0.3, 0.4) is 0 Å². The van der Waals surface area contributed by atoms with Gasteiger partial charge in [0.15, 0.2) is 0 Å². The van der Waals surface area contributed by atoms with E-state index in [1.807, 2.05) is 55.3 Å². The molecule has 1 atom stereocenters. The summed E-state index contributed by atoms with van der Waals surface area (Å²) >= 11 is 0. The number of amides is 1. The molecular weight excluding hydrogens is 254 g/mol. The number of carbonyl (C=O) groups is 1. The van der Waals surface area contributed by atoms with E-state index in [1.165, 1.54) is 0 Å². The van der Waals surface area contributed by atoms with Crippen LogP contribution in [-0.4, -0.2) is 17.9 Å². The Morgan fingerprint density at radius 3 is 2.60 bits per heavy atom. The minimum atomic E-state index is -0.435. The minimum Gasteiger partial charge on any atom is -0.469 e. The van der Waals surface area contributed by atoms with E-state index in [-0.39, 0.29) is 5.91 Å². The molecular formula is C15H19N3O2. The number of hydrogen-bond acceptors (Lipinski definition) is 4. The molecule has 0 aliphatic heterocycles. The molecule has 1 unspecified atom stereocenters. The highest BCUT2D eigenvalue weighted by Crippen LogP contribution is 2.22. The van der Waals surface area contributed by atoms with Crippen LogP contribution in [0.5, 0.6) is 0 Å². The van der Waals surface area contributed by atoms with Gasteiger partial charge < -0.3 is 4.42 Å². The Morgan fingerprint density at radius 1 is 1.35 bits per heavy atom. The van der Waals surface area contributed by atoms with Crippen molar-refractivity contribution in [1.29, 1.82) is 0 Å². The second-order valence-electron chi connectivity index (χ2n) is 4.74. The molecule has 5 nitrogen and oxygen atoms in total. The maximum absolute atomic E-state index is 12.1. The predicted octanol–water partition coefficient (Wildman–Crippen LogP) is 1.75. The molecule has 0 fully saturated rings. The molecule has 20 heavy (non-hydrogen) atoms. The number of hydrogen-bond donors (Lipinski definition) is 2. The fourth-order valence-corrected chi connectivity index (χ4v) is 2.26. The topological polar surface area (TPSA) is 71.5 Å². The maximum Gasteiger partial charge on any atom is 0.255 e.